The molecule has 0 saturated carbocycles. The first-order chi connectivity index (χ1) is 24.6. The number of rotatable bonds is 11. The highest BCUT2D eigenvalue weighted by Gasteiger charge is 2.34. The SMILES string of the molecule is CCOC(=O)C1=C(C)N=c2s/c(=C/c3c(C)n(Cc4ccc(Cl)cc4Cl)c4ccccc34)c(=O)n2[C@@H]1c1ccc(OCC(=O)OC)c(OCC)c1. The van der Waals surface area contributed by atoms with Gasteiger partial charge in [-0.25, -0.2) is 14.6 Å². The van der Waals surface area contributed by atoms with Crippen molar-refractivity contribution in [2.24, 2.45) is 4.99 Å². The van der Waals surface area contributed by atoms with Gasteiger partial charge in [0.2, 0.25) is 0 Å². The van der Waals surface area contributed by atoms with E-state index in [4.69, 9.17) is 47.1 Å². The van der Waals surface area contributed by atoms with Crippen LogP contribution < -0.4 is 24.4 Å². The Labute approximate surface area is 307 Å². The number of esters is 2. The van der Waals surface area contributed by atoms with Crippen molar-refractivity contribution in [2.45, 2.75) is 40.3 Å². The van der Waals surface area contributed by atoms with Gasteiger partial charge in [0, 0.05) is 38.8 Å². The summed E-state index contributed by atoms with van der Waals surface area (Å²) in [6.07, 6.45) is 1.89. The van der Waals surface area contributed by atoms with Gasteiger partial charge >= 0.3 is 11.9 Å². The van der Waals surface area contributed by atoms with Crippen LogP contribution in [0.15, 0.2) is 81.7 Å². The molecule has 0 fully saturated rings. The van der Waals surface area contributed by atoms with E-state index in [9.17, 15) is 14.4 Å². The molecule has 0 spiro atoms. The number of hydrogen-bond donors (Lipinski definition) is 0. The number of hydrogen-bond acceptors (Lipinski definition) is 9. The number of ether oxygens (including phenoxy) is 4. The summed E-state index contributed by atoms with van der Waals surface area (Å²) in [5, 5.41) is 2.10. The first-order valence-electron chi connectivity index (χ1n) is 16.2. The van der Waals surface area contributed by atoms with Crippen LogP contribution in [0.4, 0.5) is 0 Å². The lowest BCUT2D eigenvalue weighted by Crippen LogP contribution is -2.40. The zero-order valence-electron chi connectivity index (χ0n) is 28.6. The number of benzene rings is 3. The summed E-state index contributed by atoms with van der Waals surface area (Å²) in [5.74, 6) is -0.489. The minimum Gasteiger partial charge on any atom is -0.490 e. The molecule has 6 rings (SSSR count). The molecule has 1 atom stereocenters. The van der Waals surface area contributed by atoms with E-state index in [1.165, 1.54) is 23.0 Å². The molecule has 3 heterocycles. The third-order valence-corrected chi connectivity index (χ3v) is 10.1. The monoisotopic (exact) mass is 747 g/mol. The predicted molar refractivity (Wildman–Crippen MR) is 198 cm³/mol. The van der Waals surface area contributed by atoms with E-state index in [1.807, 2.05) is 56.3 Å². The lowest BCUT2D eigenvalue weighted by molar-refractivity contribution is -0.143. The molecule has 0 radical (unpaired) electrons. The van der Waals surface area contributed by atoms with Crippen molar-refractivity contribution in [3.05, 3.63) is 124 Å². The second-order valence-electron chi connectivity index (χ2n) is 11.6. The number of carbonyl (C=O) groups is 2. The van der Waals surface area contributed by atoms with Gasteiger partial charge in [-0.1, -0.05) is 64.9 Å². The molecule has 0 N–H and O–H groups in total. The smallest absolute Gasteiger partial charge is 0.343 e. The highest BCUT2D eigenvalue weighted by atomic mass is 35.5. The maximum atomic E-state index is 14.5. The van der Waals surface area contributed by atoms with Gasteiger partial charge in [0.05, 0.1) is 42.2 Å². The molecule has 2 aromatic heterocycles. The van der Waals surface area contributed by atoms with Crippen molar-refractivity contribution in [1.82, 2.24) is 9.13 Å². The fourth-order valence-electron chi connectivity index (χ4n) is 6.18. The second-order valence-corrected chi connectivity index (χ2v) is 13.5. The summed E-state index contributed by atoms with van der Waals surface area (Å²) < 4.78 is 25.9. The minimum atomic E-state index is -0.884. The summed E-state index contributed by atoms with van der Waals surface area (Å²) in [6, 6.07) is 17.6. The number of methoxy groups -OCH3 is 1. The molecule has 0 saturated heterocycles. The minimum absolute atomic E-state index is 0.141. The van der Waals surface area contributed by atoms with Gasteiger partial charge < -0.3 is 23.5 Å². The lowest BCUT2D eigenvalue weighted by Gasteiger charge is -2.25. The van der Waals surface area contributed by atoms with E-state index in [1.54, 1.807) is 38.1 Å². The highest BCUT2D eigenvalue weighted by molar-refractivity contribution is 7.07. The van der Waals surface area contributed by atoms with Gasteiger partial charge in [-0.3, -0.25) is 9.36 Å². The standard InChI is InChI=1S/C38H35Cl2N3O7S/c1-6-48-31-16-23(13-15-30(31)50-20-33(44)47-5)35-34(37(46)49-7-2)21(3)41-38-43(35)36(45)32(51-38)18-27-22(4)42(29-11-9-8-10-26(27)29)19-24-12-14-25(39)17-28(24)40/h8-18,35H,6-7,19-20H2,1-5H3/b32-18+/t35-/m1/s1. The number of fused-ring (bicyclic) bond motifs is 2. The van der Waals surface area contributed by atoms with Crippen LogP contribution in [0.25, 0.3) is 17.0 Å². The van der Waals surface area contributed by atoms with Crippen molar-refractivity contribution >= 4 is 63.5 Å². The Morgan fingerprint density at radius 1 is 0.980 bits per heavy atom. The van der Waals surface area contributed by atoms with Crippen molar-refractivity contribution in [1.29, 1.82) is 0 Å². The van der Waals surface area contributed by atoms with Crippen LogP contribution in [0.3, 0.4) is 0 Å². The Bertz CT molecular complexity index is 2390. The van der Waals surface area contributed by atoms with Crippen LogP contribution in [0.1, 0.15) is 49.2 Å². The average molecular weight is 749 g/mol. The largest absolute Gasteiger partial charge is 0.490 e. The first kappa shape index (κ1) is 36.0. The Hall–Kier alpha value is -4.84. The Morgan fingerprint density at radius 2 is 1.76 bits per heavy atom. The van der Waals surface area contributed by atoms with Gasteiger partial charge in [0.1, 0.15) is 0 Å². The molecular formula is C38H35Cl2N3O7S. The van der Waals surface area contributed by atoms with Crippen molar-refractivity contribution in [3.8, 4) is 11.5 Å². The molecule has 1 aliphatic rings. The number of carbonyl (C=O) groups excluding carboxylic acids is 2. The lowest BCUT2D eigenvalue weighted by atomic mass is 9.95. The molecule has 5 aromatic rings. The maximum absolute atomic E-state index is 14.5. The number of nitrogens with zero attached hydrogens (tertiary/aromatic N) is 3. The number of halogens is 2. The van der Waals surface area contributed by atoms with E-state index in [2.05, 4.69) is 4.57 Å². The van der Waals surface area contributed by atoms with Crippen LogP contribution in [-0.4, -0.2) is 48.0 Å². The van der Waals surface area contributed by atoms with E-state index >= 15 is 0 Å². The van der Waals surface area contributed by atoms with Gasteiger partial charge in [0.15, 0.2) is 22.9 Å². The molecule has 0 amide bonds. The first-order valence-corrected chi connectivity index (χ1v) is 17.8. The van der Waals surface area contributed by atoms with Gasteiger partial charge in [-0.05, 0) is 75.2 Å². The molecule has 13 heteroatoms. The molecule has 51 heavy (non-hydrogen) atoms. The topological polar surface area (TPSA) is 110 Å². The van der Waals surface area contributed by atoms with Crippen LogP contribution in [-0.2, 0) is 25.6 Å². The van der Waals surface area contributed by atoms with E-state index in [0.29, 0.717) is 55.3 Å². The Morgan fingerprint density at radius 3 is 2.49 bits per heavy atom. The second kappa shape index (κ2) is 15.2. The fourth-order valence-corrected chi connectivity index (χ4v) is 7.68. The van der Waals surface area contributed by atoms with Gasteiger partial charge in [0.25, 0.3) is 5.56 Å². The number of thiazole rings is 1. The summed E-state index contributed by atoms with van der Waals surface area (Å²) in [5.41, 5.74) is 4.63. The highest BCUT2D eigenvalue weighted by Crippen LogP contribution is 2.37. The summed E-state index contributed by atoms with van der Waals surface area (Å²) in [7, 11) is 1.27. The van der Waals surface area contributed by atoms with Crippen molar-refractivity contribution in [3.63, 3.8) is 0 Å². The zero-order valence-corrected chi connectivity index (χ0v) is 30.9. The molecule has 0 bridgehead atoms. The Balaban J connectivity index is 1.51. The van der Waals surface area contributed by atoms with Gasteiger partial charge in [-0.2, -0.15) is 0 Å². The van der Waals surface area contributed by atoms with Crippen LogP contribution in [0.5, 0.6) is 11.5 Å². The Kier molecular flexibility index (Phi) is 10.7. The maximum Gasteiger partial charge on any atom is 0.343 e. The third-order valence-electron chi connectivity index (χ3n) is 8.57. The fraction of sp³-hybridized carbons (Fsp3) is 0.263. The number of para-hydroxylation sites is 1. The van der Waals surface area contributed by atoms with Crippen LogP contribution in [0.2, 0.25) is 10.0 Å². The predicted octanol–water partition coefficient (Wildman–Crippen LogP) is 6.37. The number of aromatic nitrogens is 2. The van der Waals surface area contributed by atoms with Gasteiger partial charge in [-0.15, -0.1) is 0 Å². The summed E-state index contributed by atoms with van der Waals surface area (Å²) in [6.45, 7) is 7.90. The van der Waals surface area contributed by atoms with Crippen LogP contribution >= 0.6 is 34.5 Å². The zero-order chi connectivity index (χ0) is 36.4. The molecule has 0 unspecified atom stereocenters. The van der Waals surface area contributed by atoms with Crippen molar-refractivity contribution in [2.75, 3.05) is 26.9 Å². The summed E-state index contributed by atoms with van der Waals surface area (Å²) >= 11 is 14.0. The third kappa shape index (κ3) is 7.06. The molecule has 10 nitrogen and oxygen atoms in total. The van der Waals surface area contributed by atoms with Crippen LogP contribution in [0, 0.1) is 6.92 Å². The summed E-state index contributed by atoms with van der Waals surface area (Å²) in [4.78, 5) is 45.0. The average Bonchev–Trinajstić information content (AvgIpc) is 3.56. The molecule has 1 aliphatic heterocycles. The molecule has 0 aliphatic carbocycles. The van der Waals surface area contributed by atoms with E-state index in [-0.39, 0.29) is 24.3 Å². The van der Waals surface area contributed by atoms with E-state index in [0.717, 1.165) is 27.7 Å². The number of allylic oxidation sites excluding steroid dienone is 1. The van der Waals surface area contributed by atoms with E-state index < -0.39 is 18.0 Å². The quantitative estimate of drug-likeness (QED) is 0.145. The molecule has 3 aromatic carbocycles. The normalized spacial score (nSPS) is 14.3. The molecular weight excluding hydrogens is 713 g/mol. The van der Waals surface area contributed by atoms with Crippen molar-refractivity contribution < 1.29 is 28.5 Å². The molecule has 264 valence electrons.